The number of allylic oxidation sites excluding steroid dienone is 1. The molecule has 0 spiro atoms. The van der Waals surface area contributed by atoms with Crippen LogP contribution < -0.4 is 52.6 Å². The Morgan fingerprint density at radius 1 is 1.12 bits per heavy atom. The summed E-state index contributed by atoms with van der Waals surface area (Å²) in [6.07, 6.45) is 5.56. The molecule has 1 aromatic carbocycles. The number of hydrogen-bond acceptors (Lipinski definition) is 2. The van der Waals surface area contributed by atoms with Crippen molar-refractivity contribution in [2.45, 2.75) is 58.6 Å². The van der Waals surface area contributed by atoms with E-state index in [4.69, 9.17) is 10.1 Å². The van der Waals surface area contributed by atoms with Crippen molar-refractivity contribution in [3.05, 3.63) is 53.2 Å². The Hall–Kier alpha value is -0.405. The molecule has 0 aliphatic carbocycles. The second-order valence-electron chi connectivity index (χ2n) is 9.80. The van der Waals surface area contributed by atoms with Crippen LogP contribution >= 0.6 is 0 Å². The van der Waals surface area contributed by atoms with Gasteiger partial charge >= 0.3 is 37.7 Å². The fourth-order valence-corrected chi connectivity index (χ4v) is 3.55. The predicted molar refractivity (Wildman–Crippen MR) is 131 cm³/mol. The monoisotopic (exact) mass is 464 g/mol. The van der Waals surface area contributed by atoms with Crippen molar-refractivity contribution in [1.29, 1.82) is 0 Å². The summed E-state index contributed by atoms with van der Waals surface area (Å²) in [6, 6.07) is 11.1. The van der Waals surface area contributed by atoms with Crippen LogP contribution in [0.1, 0.15) is 58.6 Å². The maximum absolute atomic E-state index is 10.5. The Morgan fingerprint density at radius 2 is 1.74 bits per heavy atom. The van der Waals surface area contributed by atoms with Crippen molar-refractivity contribution >= 4 is 0 Å². The average molecular weight is 465 g/mol. The molecule has 0 radical (unpaired) electrons. The van der Waals surface area contributed by atoms with E-state index in [0.29, 0.717) is 6.04 Å². The van der Waals surface area contributed by atoms with Gasteiger partial charge in [-0.3, -0.25) is 0 Å². The first-order valence-electron chi connectivity index (χ1n) is 12.2. The number of quaternary nitrogens is 2. The van der Waals surface area contributed by atoms with Crippen LogP contribution in [0.3, 0.4) is 0 Å². The normalized spacial score (nSPS) is 15.4. The molecule has 8 heteroatoms. The summed E-state index contributed by atoms with van der Waals surface area (Å²) in [4.78, 5) is 3.18. The summed E-state index contributed by atoms with van der Waals surface area (Å²) < 4.78 is 9.49. The number of likely N-dealkylation sites (tertiary alicyclic amines) is 1. The van der Waals surface area contributed by atoms with E-state index in [1.165, 1.54) is 48.9 Å². The Labute approximate surface area is 233 Å². The molecule has 1 atom stereocenters. The van der Waals surface area contributed by atoms with Gasteiger partial charge < -0.3 is 29.7 Å². The zero-order valence-electron chi connectivity index (χ0n) is 23.3. The van der Waals surface area contributed by atoms with E-state index in [-0.39, 0.29) is 49.3 Å². The largest absolute Gasteiger partial charge is 1.00 e. The third-order valence-corrected chi connectivity index (χ3v) is 5.25. The molecule has 1 aliphatic rings. The van der Waals surface area contributed by atoms with E-state index < -0.39 is 0 Å². The maximum Gasteiger partial charge on any atom is 1.00 e. The topological polar surface area (TPSA) is 68.1 Å². The standard InChI is InChI=1S/C19H32N3O.C7H14O2.2Li/c1-21(2)14-16-23-15-11-20-19(18-9-5-3-6-10-18)17-22-12-7-4-8-13-22;1-5-6(8)9-7(2,3)4;;/h3,5-6,9-10,19H,4,7-8,11-17H2,1-2H3;5,8H,1-4H3;;/q-1;;2*+1/p+2/b;6-5-;;/t19-;;;/m0.../s1. The van der Waals surface area contributed by atoms with Gasteiger partial charge in [0.25, 0.3) is 0 Å². The van der Waals surface area contributed by atoms with E-state index in [9.17, 15) is 5.11 Å². The van der Waals surface area contributed by atoms with E-state index in [1.54, 1.807) is 11.8 Å². The number of nitrogens with zero attached hydrogens (tertiary/aromatic N) is 1. The van der Waals surface area contributed by atoms with Gasteiger partial charge in [-0.1, -0.05) is 75.3 Å². The maximum atomic E-state index is 10.5. The van der Waals surface area contributed by atoms with Crippen LogP contribution in [0.4, 0.5) is 0 Å². The summed E-state index contributed by atoms with van der Waals surface area (Å²) in [5.41, 5.74) is 1.01. The molecule has 6 nitrogen and oxygen atoms in total. The van der Waals surface area contributed by atoms with Gasteiger partial charge in [0.05, 0.1) is 33.7 Å². The molecule has 0 saturated carbocycles. The SMILES string of the molecule is C/C=C(/[O-])OC(C)(C)C.C[NH+](C)CC[OH+]CC[N-][C@@H](C[NH+]1CCCCC1)c1ccccc1.[Li+].[Li+]. The minimum atomic E-state index is -0.358. The molecule has 0 amide bonds. The molecule has 1 heterocycles. The van der Waals surface area contributed by atoms with Crippen molar-refractivity contribution in [3.8, 4) is 0 Å². The number of rotatable bonds is 11. The Balaban J connectivity index is 0. The summed E-state index contributed by atoms with van der Waals surface area (Å²) in [7, 11) is 4.35. The van der Waals surface area contributed by atoms with Gasteiger partial charge in [0.2, 0.25) is 0 Å². The van der Waals surface area contributed by atoms with Gasteiger partial charge in [0, 0.05) is 11.5 Å². The summed E-state index contributed by atoms with van der Waals surface area (Å²) >= 11 is 0. The first-order valence-corrected chi connectivity index (χ1v) is 12.2. The van der Waals surface area contributed by atoms with Gasteiger partial charge in [-0.25, -0.2) is 0 Å². The molecule has 3 N–H and O–H groups in total. The second kappa shape index (κ2) is 20.8. The number of piperidine rings is 1. The average Bonchev–Trinajstić information content (AvgIpc) is 2.75. The van der Waals surface area contributed by atoms with E-state index in [2.05, 4.69) is 49.2 Å². The van der Waals surface area contributed by atoms with Gasteiger partial charge in [-0.15, -0.1) is 0 Å². The fourth-order valence-electron chi connectivity index (χ4n) is 3.55. The molecular weight excluding hydrogens is 416 g/mol. The number of ether oxygens (including phenoxy) is 2. The molecule has 0 unspecified atom stereocenters. The molecule has 1 aliphatic heterocycles. The Kier molecular flexibility index (Phi) is 21.8. The number of nitrogens with one attached hydrogen (secondary N) is 2. The quantitative estimate of drug-likeness (QED) is 0.149. The van der Waals surface area contributed by atoms with Gasteiger partial charge in [0.1, 0.15) is 13.2 Å². The van der Waals surface area contributed by atoms with Crippen molar-refractivity contribution in [2.24, 2.45) is 0 Å². The van der Waals surface area contributed by atoms with Gasteiger partial charge in [-0.2, -0.15) is 0 Å². The molecule has 2 rings (SSSR count). The third-order valence-electron chi connectivity index (χ3n) is 5.25. The van der Waals surface area contributed by atoms with Crippen molar-refractivity contribution in [3.63, 3.8) is 0 Å². The van der Waals surface area contributed by atoms with Crippen molar-refractivity contribution < 1.29 is 62.1 Å². The predicted octanol–water partition coefficient (Wildman–Crippen LogP) is -5.13. The van der Waals surface area contributed by atoms with Gasteiger partial charge in [0.15, 0.2) is 6.61 Å². The summed E-state index contributed by atoms with van der Waals surface area (Å²) in [5, 5.41) is 15.5. The minimum absolute atomic E-state index is 0. The molecule has 34 heavy (non-hydrogen) atoms. The summed E-state index contributed by atoms with van der Waals surface area (Å²) in [5.74, 6) is -0.262. The zero-order chi connectivity index (χ0) is 23.8. The molecule has 1 saturated heterocycles. The van der Waals surface area contributed by atoms with Gasteiger partial charge in [-0.05, 0) is 26.2 Å². The van der Waals surface area contributed by atoms with E-state index in [0.717, 1.165) is 32.8 Å². The minimum Gasteiger partial charge on any atom is -0.645 e. The fraction of sp³-hybridized carbons (Fsp3) is 0.692. The number of benzene rings is 1. The molecular formula is C26H48Li2N3O3+3. The van der Waals surface area contributed by atoms with Crippen molar-refractivity contribution in [2.75, 3.05) is 60.0 Å². The summed E-state index contributed by atoms with van der Waals surface area (Å²) in [6.45, 7) is 14.7. The number of hydrogen-bond donors (Lipinski definition) is 2. The van der Waals surface area contributed by atoms with E-state index in [1.807, 2.05) is 20.8 Å². The van der Waals surface area contributed by atoms with Crippen LogP contribution in [0, 0.1) is 0 Å². The molecule has 1 fully saturated rings. The van der Waals surface area contributed by atoms with Crippen molar-refractivity contribution in [1.82, 2.24) is 0 Å². The third kappa shape index (κ3) is 18.9. The molecule has 1 aromatic rings. The molecule has 0 aromatic heterocycles. The Morgan fingerprint density at radius 3 is 2.24 bits per heavy atom. The zero-order valence-corrected chi connectivity index (χ0v) is 23.3. The van der Waals surface area contributed by atoms with E-state index >= 15 is 0 Å². The van der Waals surface area contributed by atoms with Crippen LogP contribution in [0.15, 0.2) is 42.4 Å². The number of aliphatic hydroxyl groups is 2. The smallest absolute Gasteiger partial charge is 0.645 e. The van der Waals surface area contributed by atoms with Crippen LogP contribution in [0.25, 0.3) is 5.32 Å². The molecule has 184 valence electrons. The van der Waals surface area contributed by atoms with Crippen LogP contribution in [0.5, 0.6) is 0 Å². The second-order valence-corrected chi connectivity index (χ2v) is 9.80. The van der Waals surface area contributed by atoms with Crippen LogP contribution in [-0.2, 0) is 4.74 Å². The number of likely N-dealkylation sites (N-methyl/N-ethyl adjacent to an activating group) is 1. The first kappa shape index (κ1) is 35.8. The van der Waals surface area contributed by atoms with Crippen LogP contribution in [0.2, 0.25) is 0 Å². The molecule has 0 bridgehead atoms. The first-order chi connectivity index (χ1) is 15.2. The Bertz CT molecular complexity index is 619. The van der Waals surface area contributed by atoms with Crippen LogP contribution in [-0.4, -0.2) is 70.4 Å².